The van der Waals surface area contributed by atoms with Gasteiger partial charge in [0.25, 0.3) is 0 Å². The molecule has 2 N–H and O–H groups in total. The third-order valence-corrected chi connectivity index (χ3v) is 8.53. The lowest BCUT2D eigenvalue weighted by atomic mass is 9.92. The molecule has 1 amide bonds. The number of amides is 1. The van der Waals surface area contributed by atoms with E-state index in [2.05, 4.69) is 45.2 Å². The third-order valence-electron chi connectivity index (χ3n) is 8.53. The van der Waals surface area contributed by atoms with E-state index in [0.717, 1.165) is 84.7 Å². The van der Waals surface area contributed by atoms with Gasteiger partial charge in [0, 0.05) is 92.4 Å². The molecule has 0 bridgehead atoms. The Balaban J connectivity index is 0.000000178. The number of pyridine rings is 2. The van der Waals surface area contributed by atoms with Crippen molar-refractivity contribution in [1.82, 2.24) is 35.0 Å². The summed E-state index contributed by atoms with van der Waals surface area (Å²) in [6, 6.07) is 15.2. The van der Waals surface area contributed by atoms with Crippen LogP contribution in [0, 0.1) is 5.92 Å². The molecule has 5 aromatic rings. The highest BCUT2D eigenvalue weighted by Crippen LogP contribution is 2.28. The summed E-state index contributed by atoms with van der Waals surface area (Å²) in [7, 11) is 1.75. The van der Waals surface area contributed by atoms with Crippen LogP contribution in [0.4, 0.5) is 11.5 Å². The standard InChI is InChI=1S/C21H27N5O2.C13H10N4O/c1-28-18-7-10-25(14-18)15-19(27)16-5-11-26(12-6-16)20-4-3-17(13-24-20)21-22-8-2-9-23-21;18-8-15-10-1-2-12-11(7-10)13(17-16-12)9-3-5-14-6-4-9/h2-4,8-9,13,16,18H,5-7,10-12,14-15H2,1H3;1-8H,(H,15,18)(H,16,17)/t18-;/m0./s1. The van der Waals surface area contributed by atoms with Crippen LogP contribution >= 0.6 is 0 Å². The molecule has 2 fully saturated rings. The van der Waals surface area contributed by atoms with E-state index in [1.807, 2.05) is 48.7 Å². The highest BCUT2D eigenvalue weighted by molar-refractivity contribution is 5.95. The Morgan fingerprint density at radius 1 is 0.978 bits per heavy atom. The molecule has 2 aliphatic rings. The van der Waals surface area contributed by atoms with Gasteiger partial charge in [-0.3, -0.25) is 24.6 Å². The van der Waals surface area contributed by atoms with Crippen molar-refractivity contribution in [2.24, 2.45) is 5.92 Å². The predicted octanol–water partition coefficient (Wildman–Crippen LogP) is 4.24. The van der Waals surface area contributed by atoms with E-state index < -0.39 is 0 Å². The van der Waals surface area contributed by atoms with Crippen LogP contribution in [0.2, 0.25) is 0 Å². The zero-order chi connectivity index (χ0) is 31.7. The van der Waals surface area contributed by atoms with Gasteiger partial charge < -0.3 is 15.0 Å². The fourth-order valence-electron chi connectivity index (χ4n) is 5.97. The molecule has 0 spiro atoms. The molecular formula is C34H37N9O3. The van der Waals surface area contributed by atoms with Crippen LogP contribution in [0.15, 0.2) is 79.5 Å². The second-order valence-electron chi connectivity index (χ2n) is 11.4. The molecule has 4 aromatic heterocycles. The van der Waals surface area contributed by atoms with Gasteiger partial charge in [0.05, 0.1) is 18.2 Å². The molecule has 0 saturated carbocycles. The average molecular weight is 620 g/mol. The monoisotopic (exact) mass is 619 g/mol. The van der Waals surface area contributed by atoms with Crippen molar-refractivity contribution in [1.29, 1.82) is 0 Å². The Labute approximate surface area is 267 Å². The second kappa shape index (κ2) is 14.8. The number of ketones is 1. The highest BCUT2D eigenvalue weighted by Gasteiger charge is 2.29. The SMILES string of the molecule is CO[C@H]1CCN(CC(=O)C2CCN(c3ccc(-c4ncccn4)cn3)CC2)C1.O=CNc1ccc2[nH]nc(-c3ccncc3)c2c1. The smallest absolute Gasteiger partial charge is 0.211 e. The summed E-state index contributed by atoms with van der Waals surface area (Å²) in [4.78, 5) is 44.7. The quantitative estimate of drug-likeness (QED) is 0.230. The first-order valence-electron chi connectivity index (χ1n) is 15.5. The van der Waals surface area contributed by atoms with Crippen LogP contribution in [0.25, 0.3) is 33.5 Å². The van der Waals surface area contributed by atoms with Crippen LogP contribution in [-0.2, 0) is 14.3 Å². The fraction of sp³-hybridized carbons (Fsp3) is 0.324. The molecule has 1 aromatic carbocycles. The number of methoxy groups -OCH3 is 1. The maximum absolute atomic E-state index is 12.7. The number of fused-ring (bicyclic) bond motifs is 1. The fourth-order valence-corrected chi connectivity index (χ4v) is 5.97. The number of carbonyl (C=O) groups excluding carboxylic acids is 2. The van der Waals surface area contributed by atoms with Gasteiger partial charge in [-0.15, -0.1) is 0 Å². The van der Waals surface area contributed by atoms with Gasteiger partial charge in [-0.05, 0) is 67.8 Å². The van der Waals surface area contributed by atoms with E-state index in [-0.39, 0.29) is 12.0 Å². The molecule has 1 atom stereocenters. The number of benzene rings is 1. The van der Waals surface area contributed by atoms with Gasteiger partial charge in [-0.2, -0.15) is 5.10 Å². The number of hydrogen-bond acceptors (Lipinski definition) is 10. The van der Waals surface area contributed by atoms with Gasteiger partial charge in [0.15, 0.2) is 5.82 Å². The third kappa shape index (κ3) is 7.41. The first-order chi connectivity index (χ1) is 22.6. The number of piperidine rings is 1. The molecule has 0 aliphatic carbocycles. The van der Waals surface area contributed by atoms with E-state index in [1.54, 1.807) is 38.0 Å². The Kier molecular flexibility index (Phi) is 9.96. The Bertz CT molecular complexity index is 1720. The zero-order valence-electron chi connectivity index (χ0n) is 25.7. The summed E-state index contributed by atoms with van der Waals surface area (Å²) in [5.74, 6) is 2.17. The number of aromatic amines is 1. The zero-order valence-corrected chi connectivity index (χ0v) is 25.7. The first-order valence-corrected chi connectivity index (χ1v) is 15.5. The van der Waals surface area contributed by atoms with Crippen molar-refractivity contribution in [3.63, 3.8) is 0 Å². The summed E-state index contributed by atoms with van der Waals surface area (Å²) >= 11 is 0. The minimum Gasteiger partial charge on any atom is -0.380 e. The van der Waals surface area contributed by atoms with Gasteiger partial charge >= 0.3 is 0 Å². The summed E-state index contributed by atoms with van der Waals surface area (Å²) in [5, 5.41) is 10.9. The van der Waals surface area contributed by atoms with Crippen molar-refractivity contribution < 1.29 is 14.3 Å². The Morgan fingerprint density at radius 2 is 1.78 bits per heavy atom. The van der Waals surface area contributed by atoms with E-state index in [9.17, 15) is 9.59 Å². The number of aromatic nitrogens is 6. The molecule has 2 aliphatic heterocycles. The van der Waals surface area contributed by atoms with E-state index >= 15 is 0 Å². The molecule has 46 heavy (non-hydrogen) atoms. The highest BCUT2D eigenvalue weighted by atomic mass is 16.5. The molecule has 0 unspecified atom stereocenters. The maximum atomic E-state index is 12.7. The first kappa shape index (κ1) is 30.9. The number of H-pyrrole nitrogens is 1. The van der Waals surface area contributed by atoms with Crippen molar-refractivity contribution in [3.05, 3.63) is 79.5 Å². The second-order valence-corrected chi connectivity index (χ2v) is 11.4. The van der Waals surface area contributed by atoms with Crippen LogP contribution in [0.5, 0.6) is 0 Å². The number of hydrogen-bond donors (Lipinski definition) is 2. The van der Waals surface area contributed by atoms with Gasteiger partial charge in [0.2, 0.25) is 6.41 Å². The molecule has 12 nitrogen and oxygen atoms in total. The number of anilines is 2. The molecule has 6 heterocycles. The predicted molar refractivity (Wildman–Crippen MR) is 176 cm³/mol. The van der Waals surface area contributed by atoms with Crippen LogP contribution in [0.3, 0.4) is 0 Å². The van der Waals surface area contributed by atoms with Gasteiger partial charge in [0.1, 0.15) is 17.3 Å². The number of likely N-dealkylation sites (tertiary alicyclic amines) is 1. The minimum atomic E-state index is 0.162. The van der Waals surface area contributed by atoms with Crippen LogP contribution < -0.4 is 10.2 Å². The Hall–Kier alpha value is -5.07. The molecule has 0 radical (unpaired) electrons. The summed E-state index contributed by atoms with van der Waals surface area (Å²) in [6.45, 7) is 4.14. The van der Waals surface area contributed by atoms with Crippen molar-refractivity contribution in [3.8, 4) is 22.6 Å². The van der Waals surface area contributed by atoms with Crippen LogP contribution in [-0.4, -0.2) is 93.2 Å². The van der Waals surface area contributed by atoms with Crippen LogP contribution in [0.1, 0.15) is 19.3 Å². The summed E-state index contributed by atoms with van der Waals surface area (Å²) < 4.78 is 5.39. The van der Waals surface area contributed by atoms with Gasteiger partial charge in [-0.25, -0.2) is 15.0 Å². The number of ether oxygens (including phenoxy) is 1. The summed E-state index contributed by atoms with van der Waals surface area (Å²) in [5.41, 5.74) is 4.42. The molecule has 236 valence electrons. The normalized spacial score (nSPS) is 17.0. The van der Waals surface area contributed by atoms with E-state index in [0.29, 0.717) is 24.6 Å². The Morgan fingerprint density at radius 3 is 2.48 bits per heavy atom. The average Bonchev–Trinajstić information content (AvgIpc) is 3.76. The number of Topliss-reactive ketones (excluding diaryl/α,β-unsaturated/α-hetero) is 1. The van der Waals surface area contributed by atoms with Crippen molar-refractivity contribution in [2.45, 2.75) is 25.4 Å². The molecular weight excluding hydrogens is 582 g/mol. The molecule has 7 rings (SSSR count). The lowest BCUT2D eigenvalue weighted by Gasteiger charge is -2.32. The van der Waals surface area contributed by atoms with Crippen molar-refractivity contribution in [2.75, 3.05) is 50.1 Å². The van der Waals surface area contributed by atoms with Gasteiger partial charge in [-0.1, -0.05) is 0 Å². The summed E-state index contributed by atoms with van der Waals surface area (Å²) in [6.07, 6.45) is 12.5. The number of rotatable bonds is 9. The van der Waals surface area contributed by atoms with E-state index in [4.69, 9.17) is 4.74 Å². The largest absolute Gasteiger partial charge is 0.380 e. The lowest BCUT2D eigenvalue weighted by molar-refractivity contribution is -0.124. The van der Waals surface area contributed by atoms with E-state index in [1.165, 1.54) is 0 Å². The molecule has 12 heteroatoms. The number of nitrogens with one attached hydrogen (secondary N) is 2. The topological polar surface area (TPSA) is 142 Å². The lowest BCUT2D eigenvalue weighted by Crippen LogP contribution is -2.40. The number of nitrogens with zero attached hydrogens (tertiary/aromatic N) is 7. The number of carbonyl (C=O) groups is 2. The van der Waals surface area contributed by atoms with Crippen molar-refractivity contribution >= 4 is 34.6 Å². The maximum Gasteiger partial charge on any atom is 0.211 e. The minimum absolute atomic E-state index is 0.162. The molecule has 2 saturated heterocycles.